The third kappa shape index (κ3) is 2.46. The molecule has 82 valence electrons. The summed E-state index contributed by atoms with van der Waals surface area (Å²) in [7, 11) is 0. The number of hydrogen-bond donors (Lipinski definition) is 0. The van der Waals surface area contributed by atoms with Crippen molar-refractivity contribution in [2.75, 3.05) is 0 Å². The fourth-order valence-electron chi connectivity index (χ4n) is 1.10. The van der Waals surface area contributed by atoms with Crippen molar-refractivity contribution >= 4 is 33.5 Å². The number of furan rings is 1. The minimum absolute atomic E-state index is 0.117. The molecule has 0 aliphatic rings. The van der Waals surface area contributed by atoms with Gasteiger partial charge >= 0.3 is 5.97 Å². The zero-order valence-electron chi connectivity index (χ0n) is 7.94. The zero-order chi connectivity index (χ0) is 11.5. The smallest absolute Gasteiger partial charge is 0.379 e. The van der Waals surface area contributed by atoms with Gasteiger partial charge in [-0.25, -0.2) is 4.79 Å². The van der Waals surface area contributed by atoms with Gasteiger partial charge in [-0.3, -0.25) is 0 Å². The third-order valence-electron chi connectivity index (χ3n) is 1.81. The van der Waals surface area contributed by atoms with E-state index < -0.39 is 5.97 Å². The number of carbonyl (C=O) groups is 1. The van der Waals surface area contributed by atoms with E-state index in [0.29, 0.717) is 15.4 Å². The average Bonchev–Trinajstić information content (AvgIpc) is 2.68. The minimum atomic E-state index is -0.584. The third-order valence-corrected chi connectivity index (χ3v) is 2.55. The SMILES string of the molecule is O=C(Oc1ccccc1Cl)c1ccc(Br)o1. The quantitative estimate of drug-likeness (QED) is 0.623. The Bertz CT molecular complexity index is 521. The van der Waals surface area contributed by atoms with Crippen molar-refractivity contribution in [2.45, 2.75) is 0 Å². The normalized spacial score (nSPS) is 10.1. The summed E-state index contributed by atoms with van der Waals surface area (Å²) in [4.78, 5) is 11.6. The first kappa shape index (κ1) is 11.2. The van der Waals surface area contributed by atoms with Gasteiger partial charge in [0.2, 0.25) is 5.76 Å². The monoisotopic (exact) mass is 300 g/mol. The van der Waals surface area contributed by atoms with Crippen LogP contribution in [0.15, 0.2) is 45.5 Å². The molecule has 2 aromatic rings. The Hall–Kier alpha value is -1.26. The predicted molar refractivity (Wildman–Crippen MR) is 62.8 cm³/mol. The van der Waals surface area contributed by atoms with Gasteiger partial charge < -0.3 is 9.15 Å². The first-order valence-corrected chi connectivity index (χ1v) is 5.56. The van der Waals surface area contributed by atoms with Crippen molar-refractivity contribution in [1.29, 1.82) is 0 Å². The highest BCUT2D eigenvalue weighted by atomic mass is 79.9. The van der Waals surface area contributed by atoms with Crippen LogP contribution < -0.4 is 4.74 Å². The molecule has 0 unspecified atom stereocenters. The molecule has 0 saturated heterocycles. The summed E-state index contributed by atoms with van der Waals surface area (Å²) in [5.74, 6) is -0.160. The van der Waals surface area contributed by atoms with Gasteiger partial charge in [-0.1, -0.05) is 23.7 Å². The van der Waals surface area contributed by atoms with Crippen LogP contribution in [0.25, 0.3) is 0 Å². The van der Waals surface area contributed by atoms with Gasteiger partial charge in [0.25, 0.3) is 0 Å². The molecule has 0 spiro atoms. The molecule has 5 heteroatoms. The van der Waals surface area contributed by atoms with Crippen LogP contribution in [-0.2, 0) is 0 Å². The van der Waals surface area contributed by atoms with Crippen molar-refractivity contribution in [3.63, 3.8) is 0 Å². The van der Waals surface area contributed by atoms with Crippen LogP contribution in [0.4, 0.5) is 0 Å². The second-order valence-electron chi connectivity index (χ2n) is 2.92. The first-order chi connectivity index (χ1) is 7.66. The van der Waals surface area contributed by atoms with Crippen LogP contribution in [0.1, 0.15) is 10.6 Å². The lowest BCUT2D eigenvalue weighted by atomic mass is 10.3. The summed E-state index contributed by atoms with van der Waals surface area (Å²) >= 11 is 8.94. The molecule has 0 bridgehead atoms. The van der Waals surface area contributed by atoms with Crippen molar-refractivity contribution in [3.8, 4) is 5.75 Å². The molecule has 2 rings (SSSR count). The second kappa shape index (κ2) is 4.72. The molecule has 0 aliphatic heterocycles. The Morgan fingerprint density at radius 2 is 2.00 bits per heavy atom. The molecule has 16 heavy (non-hydrogen) atoms. The molecular formula is C11H6BrClO3. The number of ether oxygens (including phenoxy) is 1. The maximum Gasteiger partial charge on any atom is 0.379 e. The predicted octanol–water partition coefficient (Wildman–Crippen LogP) is 3.91. The standard InChI is InChI=1S/C11H6BrClO3/c12-10-6-5-9(15-10)11(14)16-8-4-2-1-3-7(8)13/h1-6H. The average molecular weight is 302 g/mol. The Kier molecular flexibility index (Phi) is 3.31. The van der Waals surface area contributed by atoms with E-state index in [1.807, 2.05) is 0 Å². The lowest BCUT2D eigenvalue weighted by Crippen LogP contribution is -2.07. The van der Waals surface area contributed by atoms with Crippen LogP contribution in [-0.4, -0.2) is 5.97 Å². The molecule has 0 atom stereocenters. The highest BCUT2D eigenvalue weighted by Crippen LogP contribution is 2.24. The van der Waals surface area contributed by atoms with Crippen molar-refractivity contribution in [1.82, 2.24) is 0 Å². The van der Waals surface area contributed by atoms with Gasteiger partial charge in [0.1, 0.15) is 5.75 Å². The topological polar surface area (TPSA) is 39.4 Å². The van der Waals surface area contributed by atoms with Gasteiger partial charge in [0.05, 0.1) is 5.02 Å². The summed E-state index contributed by atoms with van der Waals surface area (Å²) in [5, 5.41) is 0.376. The highest BCUT2D eigenvalue weighted by molar-refractivity contribution is 9.10. The molecule has 1 aromatic heterocycles. The van der Waals surface area contributed by atoms with Crippen LogP contribution in [0.5, 0.6) is 5.75 Å². The molecule has 1 aromatic carbocycles. The fraction of sp³-hybridized carbons (Fsp3) is 0. The number of halogens is 2. The lowest BCUT2D eigenvalue weighted by Gasteiger charge is -2.03. The van der Waals surface area contributed by atoms with Crippen LogP contribution in [0.2, 0.25) is 5.02 Å². The number of benzene rings is 1. The summed E-state index contributed by atoms with van der Waals surface area (Å²) in [5.41, 5.74) is 0. The van der Waals surface area contributed by atoms with Gasteiger partial charge in [-0.05, 0) is 40.2 Å². The van der Waals surface area contributed by atoms with Crippen LogP contribution in [0.3, 0.4) is 0 Å². The largest absolute Gasteiger partial charge is 0.442 e. The van der Waals surface area contributed by atoms with E-state index in [4.69, 9.17) is 20.8 Å². The fourth-order valence-corrected chi connectivity index (χ4v) is 1.58. The van der Waals surface area contributed by atoms with E-state index in [9.17, 15) is 4.79 Å². The Morgan fingerprint density at radius 1 is 1.25 bits per heavy atom. The van der Waals surface area contributed by atoms with E-state index in [0.717, 1.165) is 0 Å². The molecule has 3 nitrogen and oxygen atoms in total. The van der Waals surface area contributed by atoms with E-state index in [-0.39, 0.29) is 5.76 Å². The van der Waals surface area contributed by atoms with E-state index >= 15 is 0 Å². The molecule has 0 fully saturated rings. The maximum atomic E-state index is 11.6. The molecule has 0 saturated carbocycles. The summed E-state index contributed by atoms with van der Waals surface area (Å²) in [6.07, 6.45) is 0. The van der Waals surface area contributed by atoms with Crippen molar-refractivity contribution in [2.24, 2.45) is 0 Å². The molecule has 1 heterocycles. The highest BCUT2D eigenvalue weighted by Gasteiger charge is 2.14. The van der Waals surface area contributed by atoms with Gasteiger partial charge in [0, 0.05) is 0 Å². The Morgan fingerprint density at radius 3 is 2.62 bits per heavy atom. The second-order valence-corrected chi connectivity index (χ2v) is 4.11. The summed E-state index contributed by atoms with van der Waals surface area (Å²) in [6, 6.07) is 9.86. The Balaban J connectivity index is 2.17. The van der Waals surface area contributed by atoms with Gasteiger partial charge in [-0.2, -0.15) is 0 Å². The summed E-state index contributed by atoms with van der Waals surface area (Å²) < 4.78 is 10.6. The van der Waals surface area contributed by atoms with E-state index in [1.54, 1.807) is 30.3 Å². The molecule has 0 N–H and O–H groups in total. The van der Waals surface area contributed by atoms with Crippen molar-refractivity contribution in [3.05, 3.63) is 51.9 Å². The number of carbonyl (C=O) groups excluding carboxylic acids is 1. The van der Waals surface area contributed by atoms with Crippen LogP contribution >= 0.6 is 27.5 Å². The Labute approximate surface area is 105 Å². The maximum absolute atomic E-state index is 11.6. The number of hydrogen-bond acceptors (Lipinski definition) is 3. The van der Waals surface area contributed by atoms with E-state index in [1.165, 1.54) is 6.07 Å². The molecular weight excluding hydrogens is 295 g/mol. The lowest BCUT2D eigenvalue weighted by molar-refractivity contribution is 0.0700. The minimum Gasteiger partial charge on any atom is -0.442 e. The number of para-hydroxylation sites is 1. The molecule has 0 amide bonds. The van der Waals surface area contributed by atoms with Gasteiger partial charge in [-0.15, -0.1) is 0 Å². The molecule has 0 aliphatic carbocycles. The zero-order valence-corrected chi connectivity index (χ0v) is 10.3. The van der Waals surface area contributed by atoms with Gasteiger partial charge in [0.15, 0.2) is 4.67 Å². The number of esters is 1. The van der Waals surface area contributed by atoms with E-state index in [2.05, 4.69) is 15.9 Å². The molecule has 0 radical (unpaired) electrons. The summed E-state index contributed by atoms with van der Waals surface area (Å²) in [6.45, 7) is 0. The number of rotatable bonds is 2. The first-order valence-electron chi connectivity index (χ1n) is 4.39. The van der Waals surface area contributed by atoms with Crippen LogP contribution in [0, 0.1) is 0 Å². The van der Waals surface area contributed by atoms with Crippen molar-refractivity contribution < 1.29 is 13.9 Å².